The molecule has 4 heterocycles. The van der Waals surface area contributed by atoms with E-state index in [0.29, 0.717) is 35.6 Å². The predicted molar refractivity (Wildman–Crippen MR) is 190 cm³/mol. The molecule has 53 heavy (non-hydrogen) atoms. The average Bonchev–Trinajstić information content (AvgIpc) is 3.39. The highest BCUT2D eigenvalue weighted by Crippen LogP contribution is 2.40. The Morgan fingerprint density at radius 3 is 2.51 bits per heavy atom. The Morgan fingerprint density at radius 2 is 1.79 bits per heavy atom. The topological polar surface area (TPSA) is 195 Å². The van der Waals surface area contributed by atoms with Crippen molar-refractivity contribution in [1.29, 1.82) is 0 Å². The zero-order valence-electron chi connectivity index (χ0n) is 28.9. The Morgan fingerprint density at radius 1 is 1.02 bits per heavy atom. The number of anilines is 2. The van der Waals surface area contributed by atoms with Crippen LogP contribution in [0.2, 0.25) is 0 Å². The highest BCUT2D eigenvalue weighted by atomic mass is 32.2. The van der Waals surface area contributed by atoms with Crippen LogP contribution in [0.4, 0.5) is 15.8 Å². The first-order valence-corrected chi connectivity index (χ1v) is 18.9. The molecule has 280 valence electrons. The molecule has 3 aromatic carbocycles. The van der Waals surface area contributed by atoms with Gasteiger partial charge >= 0.3 is 10.2 Å². The van der Waals surface area contributed by atoms with Gasteiger partial charge in [-0.3, -0.25) is 34.2 Å². The van der Waals surface area contributed by atoms with Crippen molar-refractivity contribution in [3.8, 4) is 11.5 Å². The van der Waals surface area contributed by atoms with Crippen LogP contribution in [0.25, 0.3) is 10.8 Å². The second kappa shape index (κ2) is 14.3. The van der Waals surface area contributed by atoms with Crippen LogP contribution in [0.3, 0.4) is 0 Å². The number of hydrogen-bond donors (Lipinski definition) is 4. The van der Waals surface area contributed by atoms with Crippen LogP contribution < -0.4 is 29.3 Å². The first-order valence-electron chi connectivity index (χ1n) is 17.4. The van der Waals surface area contributed by atoms with E-state index in [9.17, 15) is 37.5 Å². The van der Waals surface area contributed by atoms with Gasteiger partial charge in [-0.2, -0.15) is 8.42 Å². The molecule has 4 aliphatic heterocycles. The van der Waals surface area contributed by atoms with Crippen LogP contribution in [0.1, 0.15) is 42.7 Å². The van der Waals surface area contributed by atoms with Gasteiger partial charge < -0.3 is 20.1 Å². The number of piperidine rings is 2. The minimum Gasteiger partial charge on any atom is -0.506 e. The number of carbonyl (C=O) groups excluding carboxylic acids is 5. The van der Waals surface area contributed by atoms with E-state index in [-0.39, 0.29) is 66.8 Å². The minimum absolute atomic E-state index is 0.0217. The number of imide groups is 1. The van der Waals surface area contributed by atoms with Crippen molar-refractivity contribution in [2.24, 2.45) is 11.8 Å². The lowest BCUT2D eigenvalue weighted by atomic mass is 9.77. The fraction of sp³-hybridized carbons (Fsp3) is 0.417. The number of nitrogens with zero attached hydrogens (tertiary/aromatic N) is 3. The van der Waals surface area contributed by atoms with Crippen LogP contribution in [0, 0.1) is 17.7 Å². The fourth-order valence-corrected chi connectivity index (χ4v) is 8.91. The molecule has 3 fully saturated rings. The Hall–Kier alpha value is -5.29. The van der Waals surface area contributed by atoms with Gasteiger partial charge in [-0.25, -0.2) is 13.4 Å². The van der Waals surface area contributed by atoms with E-state index in [1.807, 2.05) is 6.07 Å². The first-order chi connectivity index (χ1) is 25.3. The smallest absolute Gasteiger partial charge is 0.326 e. The lowest BCUT2D eigenvalue weighted by molar-refractivity contribution is -0.141. The Bertz CT molecular complexity index is 2140. The average molecular weight is 751 g/mol. The molecule has 4 N–H and O–H groups in total. The molecule has 5 amide bonds. The van der Waals surface area contributed by atoms with Gasteiger partial charge in [0.25, 0.3) is 5.91 Å². The number of likely N-dealkylation sites (tertiary alicyclic amines) is 1. The molecule has 0 spiro atoms. The summed E-state index contributed by atoms with van der Waals surface area (Å²) in [5.74, 6) is -4.00. The van der Waals surface area contributed by atoms with Gasteiger partial charge in [0.05, 0.1) is 24.9 Å². The molecule has 7 rings (SSSR count). The van der Waals surface area contributed by atoms with Crippen molar-refractivity contribution >= 4 is 61.9 Å². The minimum atomic E-state index is -4.35. The molecular formula is C36H39FN6O9S. The third kappa shape index (κ3) is 7.22. The predicted octanol–water partition coefficient (Wildman–Crippen LogP) is 1.43. The number of fused-ring (bicyclic) bond motifs is 2. The molecule has 2 atom stereocenters. The van der Waals surface area contributed by atoms with Crippen molar-refractivity contribution in [1.82, 2.24) is 20.3 Å². The molecule has 0 bridgehead atoms. The number of hydrogen-bond acceptors (Lipinski definition) is 10. The molecule has 0 unspecified atom stereocenters. The number of carbonyl (C=O) groups is 5. The maximum Gasteiger partial charge on any atom is 0.326 e. The summed E-state index contributed by atoms with van der Waals surface area (Å²) in [5, 5.41) is 15.8. The number of aromatic hydroxyl groups is 1. The van der Waals surface area contributed by atoms with E-state index >= 15 is 4.39 Å². The monoisotopic (exact) mass is 750 g/mol. The van der Waals surface area contributed by atoms with Gasteiger partial charge in [-0.1, -0.05) is 18.2 Å². The van der Waals surface area contributed by atoms with Crippen molar-refractivity contribution in [2.75, 3.05) is 55.6 Å². The summed E-state index contributed by atoms with van der Waals surface area (Å²) in [6, 6.07) is 11.8. The van der Waals surface area contributed by atoms with Crippen molar-refractivity contribution in [2.45, 2.75) is 38.0 Å². The summed E-state index contributed by atoms with van der Waals surface area (Å²) in [4.78, 5) is 65.5. The molecule has 0 saturated carbocycles. The summed E-state index contributed by atoms with van der Waals surface area (Å²) in [5.41, 5.74) is 2.32. The van der Waals surface area contributed by atoms with Crippen molar-refractivity contribution < 1.29 is 46.6 Å². The highest BCUT2D eigenvalue weighted by Gasteiger charge is 2.42. The third-order valence-electron chi connectivity index (χ3n) is 10.5. The zero-order valence-corrected chi connectivity index (χ0v) is 29.7. The molecular weight excluding hydrogens is 711 g/mol. The standard InChI is InChI=1S/C36H39FN6O9S/c1-41-28-15-21(2-3-23(28)14-27(36(41)49)25-6-7-30(45)39-35(25)48)20-8-11-42(12-9-20)18-31(46)38-10-13-52-24-5-4-22-16-29(44)34(33(37)26(22)17-24)43-19-32(47)40-53(43,50)51/h2-5,15-17,20,25,27,44H,6-14,18-19H2,1H3,(H,38,46)(H,40,47)(H,39,45,48)/t25-,27+/m1/s1. The summed E-state index contributed by atoms with van der Waals surface area (Å²) in [6.45, 7) is 1.22. The SMILES string of the molecule is CN1C(=O)[C@H]([C@H]2CCC(=O)NC2=O)Cc2ccc(C3CCN(CC(=O)NCCOc4ccc5cc(O)c(N6CC(=O)NS6(=O)=O)c(F)c5c4)CC3)cc21. The number of benzene rings is 3. The van der Waals surface area contributed by atoms with Gasteiger partial charge in [0.15, 0.2) is 5.82 Å². The molecule has 0 radical (unpaired) electrons. The third-order valence-corrected chi connectivity index (χ3v) is 11.9. The Labute approximate surface area is 304 Å². The Kier molecular flexibility index (Phi) is 9.71. The summed E-state index contributed by atoms with van der Waals surface area (Å²) < 4.78 is 48.0. The second-order valence-electron chi connectivity index (χ2n) is 13.9. The number of amides is 5. The summed E-state index contributed by atoms with van der Waals surface area (Å²) in [6.07, 6.45) is 2.72. The number of halogens is 1. The molecule has 17 heteroatoms. The molecule has 0 aromatic heterocycles. The largest absolute Gasteiger partial charge is 0.506 e. The van der Waals surface area contributed by atoms with Gasteiger partial charge in [-0.15, -0.1) is 0 Å². The molecule has 15 nitrogen and oxygen atoms in total. The maximum atomic E-state index is 15.5. The molecule has 4 aliphatic rings. The fourth-order valence-electron chi connectivity index (χ4n) is 7.74. The molecule has 0 aliphatic carbocycles. The van der Waals surface area contributed by atoms with Gasteiger partial charge in [0, 0.05) is 24.5 Å². The van der Waals surface area contributed by atoms with E-state index in [1.165, 1.54) is 18.2 Å². The maximum absolute atomic E-state index is 15.5. The van der Waals surface area contributed by atoms with E-state index in [1.54, 1.807) is 22.7 Å². The van der Waals surface area contributed by atoms with Crippen LogP contribution in [0.15, 0.2) is 42.5 Å². The highest BCUT2D eigenvalue weighted by molar-refractivity contribution is 7.92. The Balaban J connectivity index is 0.883. The van der Waals surface area contributed by atoms with Crippen LogP contribution in [0.5, 0.6) is 11.5 Å². The quantitative estimate of drug-likeness (QED) is 0.184. The lowest BCUT2D eigenvalue weighted by Crippen LogP contribution is -2.50. The van der Waals surface area contributed by atoms with E-state index in [4.69, 9.17) is 4.74 Å². The van der Waals surface area contributed by atoms with Gasteiger partial charge in [0.1, 0.15) is 30.3 Å². The van der Waals surface area contributed by atoms with E-state index in [0.717, 1.165) is 29.7 Å². The molecule has 3 aromatic rings. The van der Waals surface area contributed by atoms with Crippen molar-refractivity contribution in [3.63, 3.8) is 0 Å². The normalized spacial score (nSPS) is 22.1. The van der Waals surface area contributed by atoms with Gasteiger partial charge in [-0.05, 0) is 85.5 Å². The summed E-state index contributed by atoms with van der Waals surface area (Å²) in [7, 11) is -2.62. The number of phenols is 1. The number of ether oxygens (including phenoxy) is 1. The number of nitrogens with one attached hydrogen (secondary N) is 3. The lowest BCUT2D eigenvalue weighted by Gasteiger charge is -2.37. The van der Waals surface area contributed by atoms with Crippen molar-refractivity contribution in [3.05, 3.63) is 59.4 Å². The summed E-state index contributed by atoms with van der Waals surface area (Å²) >= 11 is 0. The zero-order chi connectivity index (χ0) is 37.6. The second-order valence-corrected chi connectivity index (χ2v) is 15.5. The van der Waals surface area contributed by atoms with Crippen LogP contribution >= 0.6 is 0 Å². The van der Waals surface area contributed by atoms with Crippen LogP contribution in [-0.4, -0.2) is 94.3 Å². The number of phenolic OH excluding ortho intramolecular Hbond substituents is 1. The molecule has 3 saturated heterocycles. The van der Waals surface area contributed by atoms with Crippen LogP contribution in [-0.2, 0) is 40.6 Å². The van der Waals surface area contributed by atoms with Gasteiger partial charge in [0.2, 0.25) is 23.6 Å². The van der Waals surface area contributed by atoms with E-state index < -0.39 is 51.8 Å². The van der Waals surface area contributed by atoms with E-state index in [2.05, 4.69) is 27.7 Å². The number of rotatable bonds is 9. The first kappa shape index (κ1) is 36.1.